The number of aromatic nitrogens is 2. The number of anilines is 1. The van der Waals surface area contributed by atoms with Gasteiger partial charge in [0.2, 0.25) is 0 Å². The van der Waals surface area contributed by atoms with Crippen molar-refractivity contribution in [2.75, 3.05) is 38.1 Å². The molecule has 1 saturated heterocycles. The first-order valence-electron chi connectivity index (χ1n) is 6.15. The van der Waals surface area contributed by atoms with Crippen molar-refractivity contribution in [1.29, 1.82) is 0 Å². The molecule has 94 valence electrons. The largest absolute Gasteiger partial charge is 0.369 e. The zero-order valence-corrected chi connectivity index (χ0v) is 10.4. The lowest BCUT2D eigenvalue weighted by Crippen LogP contribution is -2.44. The summed E-state index contributed by atoms with van der Waals surface area (Å²) in [5.41, 5.74) is 1.83. The number of likely N-dealkylation sites (N-methyl/N-ethyl adjacent to an activating group) is 1. The minimum Gasteiger partial charge on any atom is -0.369 e. The predicted molar refractivity (Wildman–Crippen MR) is 72.1 cm³/mol. The van der Waals surface area contributed by atoms with E-state index in [1.165, 1.54) is 6.33 Å². The van der Waals surface area contributed by atoms with E-state index in [0.717, 1.165) is 37.4 Å². The van der Waals surface area contributed by atoms with Gasteiger partial charge in [0.1, 0.15) is 0 Å². The van der Waals surface area contributed by atoms with Crippen LogP contribution in [0.1, 0.15) is 0 Å². The van der Waals surface area contributed by atoms with E-state index in [1.54, 1.807) is 0 Å². The first kappa shape index (κ1) is 11.2. The molecule has 1 fully saturated rings. The fraction of sp³-hybridized carbons (Fsp3) is 0.385. The van der Waals surface area contributed by atoms with Gasteiger partial charge < -0.3 is 14.8 Å². The minimum absolute atomic E-state index is 0.0788. The van der Waals surface area contributed by atoms with Crippen LogP contribution in [0.2, 0.25) is 0 Å². The Bertz CT molecular complexity index is 614. The fourth-order valence-corrected chi connectivity index (χ4v) is 2.32. The predicted octanol–water partition coefficient (Wildman–Crippen LogP) is 0.675. The van der Waals surface area contributed by atoms with Gasteiger partial charge in [0.25, 0.3) is 5.56 Å². The van der Waals surface area contributed by atoms with Crippen LogP contribution < -0.4 is 10.5 Å². The SMILES string of the molecule is CN1CCN(c2ccc3c(=O)[nH]cnc3c2)CC1. The molecule has 1 aromatic heterocycles. The summed E-state index contributed by atoms with van der Waals surface area (Å²) in [5.74, 6) is 0. The number of fused-ring (bicyclic) bond motifs is 1. The molecule has 5 heteroatoms. The van der Waals surface area contributed by atoms with Gasteiger partial charge in [-0.05, 0) is 25.2 Å². The van der Waals surface area contributed by atoms with Crippen LogP contribution in [0.5, 0.6) is 0 Å². The molecule has 1 aliphatic rings. The first-order valence-corrected chi connectivity index (χ1v) is 6.15. The maximum absolute atomic E-state index is 11.6. The van der Waals surface area contributed by atoms with E-state index < -0.39 is 0 Å². The number of hydrogen-bond acceptors (Lipinski definition) is 4. The number of piperazine rings is 1. The van der Waals surface area contributed by atoms with E-state index in [0.29, 0.717) is 5.39 Å². The van der Waals surface area contributed by atoms with E-state index in [2.05, 4.69) is 26.8 Å². The fourth-order valence-electron chi connectivity index (χ4n) is 2.32. The summed E-state index contributed by atoms with van der Waals surface area (Å²) in [5, 5.41) is 0.648. The number of benzene rings is 1. The van der Waals surface area contributed by atoms with E-state index in [-0.39, 0.29) is 5.56 Å². The Hall–Kier alpha value is -1.88. The van der Waals surface area contributed by atoms with E-state index in [1.807, 2.05) is 18.2 Å². The van der Waals surface area contributed by atoms with Gasteiger partial charge in [-0.2, -0.15) is 0 Å². The Kier molecular flexibility index (Phi) is 2.76. The van der Waals surface area contributed by atoms with Crippen molar-refractivity contribution in [2.24, 2.45) is 0 Å². The minimum atomic E-state index is -0.0788. The average molecular weight is 244 g/mol. The molecule has 5 nitrogen and oxygen atoms in total. The average Bonchev–Trinajstić information content (AvgIpc) is 2.39. The normalized spacial score (nSPS) is 17.3. The van der Waals surface area contributed by atoms with E-state index >= 15 is 0 Å². The summed E-state index contributed by atoms with van der Waals surface area (Å²) in [7, 11) is 2.14. The van der Waals surface area contributed by atoms with Crippen molar-refractivity contribution in [3.8, 4) is 0 Å². The Morgan fingerprint density at radius 2 is 2.00 bits per heavy atom. The molecule has 2 heterocycles. The molecule has 0 spiro atoms. The van der Waals surface area contributed by atoms with Gasteiger partial charge in [-0.1, -0.05) is 0 Å². The molecule has 1 aliphatic heterocycles. The van der Waals surface area contributed by atoms with Gasteiger partial charge in [-0.25, -0.2) is 4.98 Å². The molecule has 0 bridgehead atoms. The van der Waals surface area contributed by atoms with Crippen LogP contribution in [0, 0.1) is 0 Å². The van der Waals surface area contributed by atoms with Crippen molar-refractivity contribution < 1.29 is 0 Å². The molecule has 1 N–H and O–H groups in total. The Labute approximate surface area is 105 Å². The van der Waals surface area contributed by atoms with Crippen molar-refractivity contribution in [2.45, 2.75) is 0 Å². The second-order valence-electron chi connectivity index (χ2n) is 4.72. The molecule has 18 heavy (non-hydrogen) atoms. The quantitative estimate of drug-likeness (QED) is 0.801. The van der Waals surface area contributed by atoms with Crippen LogP contribution in [-0.4, -0.2) is 48.1 Å². The third-order valence-electron chi connectivity index (χ3n) is 3.49. The van der Waals surface area contributed by atoms with Crippen LogP contribution >= 0.6 is 0 Å². The number of nitrogens with zero attached hydrogens (tertiary/aromatic N) is 3. The monoisotopic (exact) mass is 244 g/mol. The van der Waals surface area contributed by atoms with Crippen molar-refractivity contribution in [3.63, 3.8) is 0 Å². The number of aromatic amines is 1. The van der Waals surface area contributed by atoms with Crippen LogP contribution in [-0.2, 0) is 0 Å². The molecule has 0 saturated carbocycles. The van der Waals surface area contributed by atoms with Gasteiger partial charge in [0, 0.05) is 31.9 Å². The molecule has 0 unspecified atom stereocenters. The lowest BCUT2D eigenvalue weighted by Gasteiger charge is -2.34. The summed E-state index contributed by atoms with van der Waals surface area (Å²) < 4.78 is 0. The van der Waals surface area contributed by atoms with Crippen molar-refractivity contribution in [1.82, 2.24) is 14.9 Å². The van der Waals surface area contributed by atoms with Crippen molar-refractivity contribution in [3.05, 3.63) is 34.9 Å². The Morgan fingerprint density at radius 3 is 2.78 bits per heavy atom. The second kappa shape index (κ2) is 4.42. The van der Waals surface area contributed by atoms with Crippen LogP contribution in [0.3, 0.4) is 0 Å². The maximum Gasteiger partial charge on any atom is 0.258 e. The summed E-state index contributed by atoms with van der Waals surface area (Å²) in [6.07, 6.45) is 1.46. The molecular formula is C13H16N4O. The third-order valence-corrected chi connectivity index (χ3v) is 3.49. The second-order valence-corrected chi connectivity index (χ2v) is 4.72. The zero-order chi connectivity index (χ0) is 12.5. The number of hydrogen-bond donors (Lipinski definition) is 1. The molecule has 0 radical (unpaired) electrons. The summed E-state index contributed by atoms with van der Waals surface area (Å²) >= 11 is 0. The van der Waals surface area contributed by atoms with Gasteiger partial charge in [0.15, 0.2) is 0 Å². The van der Waals surface area contributed by atoms with Crippen LogP contribution in [0.15, 0.2) is 29.3 Å². The van der Waals surface area contributed by atoms with E-state index in [9.17, 15) is 4.79 Å². The van der Waals surface area contributed by atoms with Gasteiger partial charge >= 0.3 is 0 Å². The third kappa shape index (κ3) is 1.97. The maximum atomic E-state index is 11.6. The Balaban J connectivity index is 1.96. The summed E-state index contributed by atoms with van der Waals surface area (Å²) in [4.78, 5) is 23.1. The van der Waals surface area contributed by atoms with Gasteiger partial charge in [0.05, 0.1) is 17.2 Å². The molecule has 1 aromatic carbocycles. The van der Waals surface area contributed by atoms with Crippen LogP contribution in [0.4, 0.5) is 5.69 Å². The smallest absolute Gasteiger partial charge is 0.258 e. The highest BCUT2D eigenvalue weighted by Gasteiger charge is 2.14. The highest BCUT2D eigenvalue weighted by atomic mass is 16.1. The van der Waals surface area contributed by atoms with Crippen molar-refractivity contribution >= 4 is 16.6 Å². The summed E-state index contributed by atoms with van der Waals surface area (Å²) in [6.45, 7) is 4.18. The lowest BCUT2D eigenvalue weighted by molar-refractivity contribution is 0.313. The molecule has 0 amide bonds. The zero-order valence-electron chi connectivity index (χ0n) is 10.4. The molecule has 3 rings (SSSR count). The Morgan fingerprint density at radius 1 is 1.22 bits per heavy atom. The molecular weight excluding hydrogens is 228 g/mol. The first-order chi connectivity index (χ1) is 8.74. The standard InChI is InChI=1S/C13H16N4O/c1-16-4-6-17(7-5-16)10-2-3-11-12(8-10)14-9-15-13(11)18/h2-3,8-9H,4-7H2,1H3,(H,14,15,18). The number of H-pyrrole nitrogens is 1. The summed E-state index contributed by atoms with van der Waals surface area (Å²) in [6, 6.07) is 5.86. The number of nitrogens with one attached hydrogen (secondary N) is 1. The van der Waals surface area contributed by atoms with Gasteiger partial charge in [-0.3, -0.25) is 4.79 Å². The topological polar surface area (TPSA) is 52.2 Å². The van der Waals surface area contributed by atoms with Gasteiger partial charge in [-0.15, -0.1) is 0 Å². The lowest BCUT2D eigenvalue weighted by atomic mass is 10.2. The highest BCUT2D eigenvalue weighted by Crippen LogP contribution is 2.19. The molecule has 2 aromatic rings. The highest BCUT2D eigenvalue weighted by molar-refractivity contribution is 5.81. The van der Waals surface area contributed by atoms with E-state index in [4.69, 9.17) is 0 Å². The number of rotatable bonds is 1. The van der Waals surface area contributed by atoms with Crippen LogP contribution in [0.25, 0.3) is 10.9 Å². The molecule has 0 atom stereocenters. The molecule has 0 aliphatic carbocycles.